The highest BCUT2D eigenvalue weighted by Gasteiger charge is 2.33. The standard InChI is InChI=1S/C22H25F3N6O/c1-13-26-12-18(30(13)2)20-27-19(28-29-20)14-6-5-9-17(11-14)31(3)21(32)15-7-4-8-16(10-15)22(23,24)25/h4,7-8,10,12,14,17H,5-6,9,11H2,1-3H3,(H,27,28,29)/t14-,17+/m0/s1. The highest BCUT2D eigenvalue weighted by atomic mass is 19.4. The molecule has 0 aliphatic heterocycles. The van der Waals surface area contributed by atoms with Gasteiger partial charge in [-0.2, -0.15) is 18.3 Å². The van der Waals surface area contributed by atoms with Gasteiger partial charge >= 0.3 is 6.18 Å². The number of carbonyl (C=O) groups excluding carboxylic acids is 1. The molecule has 4 rings (SSSR count). The van der Waals surface area contributed by atoms with Crippen LogP contribution in [0.25, 0.3) is 11.5 Å². The van der Waals surface area contributed by atoms with E-state index in [4.69, 9.17) is 0 Å². The number of carbonyl (C=O) groups is 1. The summed E-state index contributed by atoms with van der Waals surface area (Å²) in [6.07, 6.45) is 0.492. The van der Waals surface area contributed by atoms with Crippen LogP contribution in [0.3, 0.4) is 0 Å². The fourth-order valence-electron chi connectivity index (χ4n) is 4.24. The molecule has 0 spiro atoms. The number of hydrogen-bond acceptors (Lipinski definition) is 4. The SMILES string of the molecule is Cc1ncc(-c2n[nH]c([C@H]3CCC[C@@H](N(C)C(=O)c4cccc(C(F)(F)F)c4)C3)n2)n1C. The third-order valence-electron chi connectivity index (χ3n) is 6.29. The molecule has 0 unspecified atom stereocenters. The maximum Gasteiger partial charge on any atom is 0.416 e. The lowest BCUT2D eigenvalue weighted by Crippen LogP contribution is -2.40. The predicted octanol–water partition coefficient (Wildman–Crippen LogP) is 4.33. The lowest BCUT2D eigenvalue weighted by Gasteiger charge is -2.34. The summed E-state index contributed by atoms with van der Waals surface area (Å²) in [5, 5.41) is 7.36. The first-order chi connectivity index (χ1) is 15.1. The Morgan fingerprint density at radius 2 is 2.06 bits per heavy atom. The Morgan fingerprint density at radius 3 is 2.75 bits per heavy atom. The van der Waals surface area contributed by atoms with E-state index in [9.17, 15) is 18.0 Å². The van der Waals surface area contributed by atoms with Gasteiger partial charge in [-0.3, -0.25) is 9.89 Å². The molecule has 1 saturated carbocycles. The van der Waals surface area contributed by atoms with Crippen molar-refractivity contribution in [2.75, 3.05) is 7.05 Å². The fourth-order valence-corrected chi connectivity index (χ4v) is 4.24. The first kappa shape index (κ1) is 22.0. The molecule has 1 N–H and O–H groups in total. The number of nitrogens with zero attached hydrogens (tertiary/aromatic N) is 5. The average Bonchev–Trinajstić information content (AvgIpc) is 3.39. The summed E-state index contributed by atoms with van der Waals surface area (Å²) in [7, 11) is 3.55. The van der Waals surface area contributed by atoms with E-state index in [0.29, 0.717) is 12.2 Å². The summed E-state index contributed by atoms with van der Waals surface area (Å²) in [5.41, 5.74) is 0.0324. The van der Waals surface area contributed by atoms with Crippen LogP contribution in [-0.2, 0) is 13.2 Å². The van der Waals surface area contributed by atoms with Crippen molar-refractivity contribution in [3.63, 3.8) is 0 Å². The van der Waals surface area contributed by atoms with Crippen LogP contribution in [-0.4, -0.2) is 48.6 Å². The van der Waals surface area contributed by atoms with Crippen molar-refractivity contribution in [2.24, 2.45) is 7.05 Å². The van der Waals surface area contributed by atoms with Crippen molar-refractivity contribution in [3.05, 3.63) is 53.2 Å². The number of aryl methyl sites for hydroxylation is 1. The Morgan fingerprint density at radius 1 is 1.28 bits per heavy atom. The second-order valence-electron chi connectivity index (χ2n) is 8.31. The number of amides is 1. The van der Waals surface area contributed by atoms with Gasteiger partial charge in [0.15, 0.2) is 5.82 Å². The van der Waals surface area contributed by atoms with Crippen molar-refractivity contribution in [2.45, 2.75) is 50.7 Å². The van der Waals surface area contributed by atoms with Crippen LogP contribution in [0, 0.1) is 6.92 Å². The van der Waals surface area contributed by atoms with Gasteiger partial charge in [-0.05, 0) is 44.4 Å². The van der Waals surface area contributed by atoms with Gasteiger partial charge in [-0.15, -0.1) is 0 Å². The number of aromatic nitrogens is 5. The highest BCUT2D eigenvalue weighted by molar-refractivity contribution is 5.94. The summed E-state index contributed by atoms with van der Waals surface area (Å²) in [5.74, 6) is 1.85. The highest BCUT2D eigenvalue weighted by Crippen LogP contribution is 2.35. The molecular weight excluding hydrogens is 421 g/mol. The molecule has 1 aromatic carbocycles. The van der Waals surface area contributed by atoms with E-state index in [0.717, 1.165) is 48.7 Å². The molecule has 1 aliphatic rings. The second kappa shape index (κ2) is 8.40. The predicted molar refractivity (Wildman–Crippen MR) is 112 cm³/mol. The summed E-state index contributed by atoms with van der Waals surface area (Å²) in [4.78, 5) is 23.4. The summed E-state index contributed by atoms with van der Waals surface area (Å²) in [6, 6.07) is 4.48. The van der Waals surface area contributed by atoms with Crippen molar-refractivity contribution in [1.82, 2.24) is 29.6 Å². The largest absolute Gasteiger partial charge is 0.416 e. The smallest absolute Gasteiger partial charge is 0.339 e. The fraction of sp³-hybridized carbons (Fsp3) is 0.455. The number of benzene rings is 1. The van der Waals surface area contributed by atoms with Crippen LogP contribution in [0.5, 0.6) is 0 Å². The number of rotatable bonds is 4. The number of imidazole rings is 1. The van der Waals surface area contributed by atoms with Gasteiger partial charge in [0, 0.05) is 31.6 Å². The third kappa shape index (κ3) is 4.26. The lowest BCUT2D eigenvalue weighted by atomic mass is 9.84. The Bertz CT molecular complexity index is 1120. The molecule has 0 bridgehead atoms. The van der Waals surface area contributed by atoms with Gasteiger partial charge in [0.25, 0.3) is 5.91 Å². The van der Waals surface area contributed by atoms with Gasteiger partial charge in [-0.1, -0.05) is 12.5 Å². The third-order valence-corrected chi connectivity index (χ3v) is 6.29. The summed E-state index contributed by atoms with van der Waals surface area (Å²) in [6.45, 7) is 1.90. The van der Waals surface area contributed by atoms with E-state index in [1.165, 1.54) is 12.1 Å². The number of alkyl halides is 3. The van der Waals surface area contributed by atoms with E-state index in [-0.39, 0.29) is 17.5 Å². The molecule has 32 heavy (non-hydrogen) atoms. The molecule has 7 nitrogen and oxygen atoms in total. The van der Waals surface area contributed by atoms with E-state index in [2.05, 4.69) is 20.2 Å². The second-order valence-corrected chi connectivity index (χ2v) is 8.31. The van der Waals surface area contributed by atoms with Gasteiger partial charge in [-0.25, -0.2) is 9.97 Å². The minimum absolute atomic E-state index is 0.0398. The molecule has 3 aromatic rings. The average molecular weight is 446 g/mol. The van der Waals surface area contributed by atoms with Crippen LogP contribution >= 0.6 is 0 Å². The molecule has 0 saturated heterocycles. The Kier molecular flexibility index (Phi) is 5.79. The number of nitrogens with one attached hydrogen (secondary N) is 1. The molecule has 0 radical (unpaired) electrons. The van der Waals surface area contributed by atoms with E-state index >= 15 is 0 Å². The molecule has 2 atom stereocenters. The summed E-state index contributed by atoms with van der Waals surface area (Å²) < 4.78 is 41.0. The van der Waals surface area contributed by atoms with E-state index < -0.39 is 17.6 Å². The number of H-pyrrole nitrogens is 1. The maximum absolute atomic E-state index is 13.0. The lowest BCUT2D eigenvalue weighted by molar-refractivity contribution is -0.137. The van der Waals surface area contributed by atoms with Gasteiger partial charge in [0.1, 0.15) is 17.3 Å². The van der Waals surface area contributed by atoms with Crippen molar-refractivity contribution in [1.29, 1.82) is 0 Å². The molecule has 1 amide bonds. The van der Waals surface area contributed by atoms with Gasteiger partial charge in [0.05, 0.1) is 11.8 Å². The maximum atomic E-state index is 13.0. The minimum Gasteiger partial charge on any atom is -0.339 e. The van der Waals surface area contributed by atoms with Crippen LogP contribution in [0.2, 0.25) is 0 Å². The van der Waals surface area contributed by atoms with E-state index in [1.54, 1.807) is 18.1 Å². The quantitative estimate of drug-likeness (QED) is 0.647. The van der Waals surface area contributed by atoms with Crippen molar-refractivity contribution in [3.8, 4) is 11.5 Å². The Balaban J connectivity index is 1.48. The molecule has 170 valence electrons. The van der Waals surface area contributed by atoms with E-state index in [1.807, 2.05) is 18.5 Å². The molecule has 2 heterocycles. The zero-order valence-corrected chi connectivity index (χ0v) is 18.1. The Labute approximate surface area is 183 Å². The van der Waals surface area contributed by atoms with Crippen LogP contribution in [0.15, 0.2) is 30.5 Å². The van der Waals surface area contributed by atoms with Crippen molar-refractivity contribution >= 4 is 5.91 Å². The molecule has 2 aromatic heterocycles. The van der Waals surface area contributed by atoms with Crippen LogP contribution in [0.1, 0.15) is 59.2 Å². The number of hydrogen-bond donors (Lipinski definition) is 1. The molecule has 1 fully saturated rings. The normalized spacial score (nSPS) is 19.2. The zero-order valence-electron chi connectivity index (χ0n) is 18.1. The minimum atomic E-state index is -4.48. The van der Waals surface area contributed by atoms with Crippen LogP contribution in [0.4, 0.5) is 13.2 Å². The van der Waals surface area contributed by atoms with Gasteiger partial charge in [0.2, 0.25) is 0 Å². The zero-order chi connectivity index (χ0) is 23.0. The number of aromatic amines is 1. The molecular formula is C22H25F3N6O. The monoisotopic (exact) mass is 446 g/mol. The first-order valence-corrected chi connectivity index (χ1v) is 10.5. The topological polar surface area (TPSA) is 79.7 Å². The van der Waals surface area contributed by atoms with Gasteiger partial charge < -0.3 is 9.47 Å². The Hall–Kier alpha value is -3.17. The summed E-state index contributed by atoms with van der Waals surface area (Å²) >= 11 is 0. The molecule has 10 heteroatoms. The first-order valence-electron chi connectivity index (χ1n) is 10.5. The molecule has 1 aliphatic carbocycles. The number of halogens is 3. The van der Waals surface area contributed by atoms with Crippen molar-refractivity contribution < 1.29 is 18.0 Å². The van der Waals surface area contributed by atoms with Crippen LogP contribution < -0.4 is 0 Å².